The molecule has 0 saturated carbocycles. The first-order valence-corrected chi connectivity index (χ1v) is 3.27. The highest BCUT2D eigenvalue weighted by Crippen LogP contribution is 2.25. The molecule has 8 heavy (non-hydrogen) atoms. The Balaban J connectivity index is 2.13. The van der Waals surface area contributed by atoms with Crippen LogP contribution in [0.3, 0.4) is 0 Å². The van der Waals surface area contributed by atoms with Crippen molar-refractivity contribution in [2.24, 2.45) is 5.92 Å². The second kappa shape index (κ2) is 1.59. The molecule has 1 fully saturated rings. The van der Waals surface area contributed by atoms with Gasteiger partial charge in [0.15, 0.2) is 0 Å². The van der Waals surface area contributed by atoms with E-state index in [1.54, 1.807) is 0 Å². The number of allylic oxidation sites excluding steroid dienone is 1. The molecule has 1 heterocycles. The number of rotatable bonds is 0. The summed E-state index contributed by atoms with van der Waals surface area (Å²) >= 11 is 0. The van der Waals surface area contributed by atoms with E-state index >= 15 is 0 Å². The summed E-state index contributed by atoms with van der Waals surface area (Å²) in [4.78, 5) is 0. The average Bonchev–Trinajstić information content (AvgIpc) is 2.22. The van der Waals surface area contributed by atoms with E-state index in [2.05, 4.69) is 11.4 Å². The van der Waals surface area contributed by atoms with Crippen LogP contribution in [0.15, 0.2) is 12.1 Å². The third-order valence-corrected chi connectivity index (χ3v) is 2.08. The molecular weight excluding hydrogens is 98.1 g/mol. The summed E-state index contributed by atoms with van der Waals surface area (Å²) in [6.07, 6.45) is 4.33. The van der Waals surface area contributed by atoms with E-state index < -0.39 is 0 Å². The van der Waals surface area contributed by atoms with Gasteiger partial charge in [0.05, 0.1) is 1.37 Å². The normalized spacial score (nSPS) is 46.0. The fourth-order valence-electron chi connectivity index (χ4n) is 1.55. The summed E-state index contributed by atoms with van der Waals surface area (Å²) in [6, 6.07) is 1.38. The molecule has 0 bridgehead atoms. The molecular formula is C7H11N. The van der Waals surface area contributed by atoms with Gasteiger partial charge in [-0.15, -0.1) is 0 Å². The summed E-state index contributed by atoms with van der Waals surface area (Å²) in [5, 5.41) is 3.35. The van der Waals surface area contributed by atoms with Crippen LogP contribution < -0.4 is 5.32 Å². The van der Waals surface area contributed by atoms with Gasteiger partial charge in [0, 0.05) is 6.04 Å². The van der Waals surface area contributed by atoms with Crippen LogP contribution in [0.25, 0.3) is 0 Å². The zero-order valence-corrected chi connectivity index (χ0v) is 4.85. The Morgan fingerprint density at radius 2 is 2.75 bits per heavy atom. The van der Waals surface area contributed by atoms with Gasteiger partial charge in [0.25, 0.3) is 0 Å². The van der Waals surface area contributed by atoms with Crippen molar-refractivity contribution in [3.8, 4) is 0 Å². The van der Waals surface area contributed by atoms with E-state index in [4.69, 9.17) is 1.37 Å². The third-order valence-electron chi connectivity index (χ3n) is 2.08. The molecule has 1 aliphatic heterocycles. The van der Waals surface area contributed by atoms with Crippen molar-refractivity contribution in [3.05, 3.63) is 12.1 Å². The monoisotopic (exact) mass is 110 g/mol. The lowest BCUT2D eigenvalue weighted by Crippen LogP contribution is -2.20. The van der Waals surface area contributed by atoms with Crippen molar-refractivity contribution in [1.29, 1.82) is 0 Å². The number of hydrogen-bond donors (Lipinski definition) is 1. The second-order valence-electron chi connectivity index (χ2n) is 2.60. The van der Waals surface area contributed by atoms with Crippen molar-refractivity contribution in [3.63, 3.8) is 0 Å². The van der Waals surface area contributed by atoms with Crippen LogP contribution in [0.2, 0.25) is 0 Å². The largest absolute Gasteiger partial charge is 0.310 e. The standard InChI is InChI=1S/C7H11N/c1-2-6-4-5-8-7(6)3-1/h1,3,6-8H,2,4-5H2/t6-,7-/m1/s1/i1D. The van der Waals surface area contributed by atoms with Crippen molar-refractivity contribution < 1.29 is 1.37 Å². The summed E-state index contributed by atoms with van der Waals surface area (Å²) in [6.45, 7) is 1.15. The highest BCUT2D eigenvalue weighted by molar-refractivity contribution is 5.08. The molecule has 0 aromatic carbocycles. The van der Waals surface area contributed by atoms with E-state index in [1.165, 1.54) is 6.42 Å². The Morgan fingerprint density at radius 1 is 1.75 bits per heavy atom. The number of nitrogens with one attached hydrogen (secondary N) is 1. The van der Waals surface area contributed by atoms with Crippen molar-refractivity contribution in [1.82, 2.24) is 5.32 Å². The molecule has 2 atom stereocenters. The Kier molecular flexibility index (Phi) is 0.730. The minimum atomic E-state index is 0.553. The van der Waals surface area contributed by atoms with Crippen LogP contribution in [-0.4, -0.2) is 12.6 Å². The lowest BCUT2D eigenvalue weighted by molar-refractivity contribution is 0.550. The third kappa shape index (κ3) is 0.511. The van der Waals surface area contributed by atoms with Crippen molar-refractivity contribution in [2.45, 2.75) is 18.9 Å². The molecule has 44 valence electrons. The maximum Gasteiger partial charge on any atom is 0.0573 e. The predicted molar refractivity (Wildman–Crippen MR) is 33.7 cm³/mol. The van der Waals surface area contributed by atoms with Gasteiger partial charge in [0.1, 0.15) is 0 Å². The van der Waals surface area contributed by atoms with Crippen LogP contribution in [0.4, 0.5) is 0 Å². The molecule has 1 aliphatic carbocycles. The quantitative estimate of drug-likeness (QED) is 0.457. The molecule has 0 amide bonds. The fourth-order valence-corrected chi connectivity index (χ4v) is 1.55. The SMILES string of the molecule is [2H]C1=C[C@H]2NCC[C@H]2C1. The summed E-state index contributed by atoms with van der Waals surface area (Å²) < 4.78 is 7.35. The summed E-state index contributed by atoms with van der Waals surface area (Å²) in [5.74, 6) is 0.762. The Labute approximate surface area is 51.2 Å². The van der Waals surface area contributed by atoms with Gasteiger partial charge in [0.2, 0.25) is 0 Å². The Morgan fingerprint density at radius 3 is 3.62 bits per heavy atom. The number of fused-ring (bicyclic) bond motifs is 1. The van der Waals surface area contributed by atoms with Crippen LogP contribution >= 0.6 is 0 Å². The van der Waals surface area contributed by atoms with E-state index in [0.717, 1.165) is 24.9 Å². The first-order valence-electron chi connectivity index (χ1n) is 3.77. The molecule has 1 nitrogen and oxygen atoms in total. The maximum absolute atomic E-state index is 7.35. The fraction of sp³-hybridized carbons (Fsp3) is 0.714. The lowest BCUT2D eigenvalue weighted by Gasteiger charge is -2.04. The smallest absolute Gasteiger partial charge is 0.0573 e. The zero-order chi connectivity index (χ0) is 6.27. The van der Waals surface area contributed by atoms with Crippen molar-refractivity contribution >= 4 is 0 Å². The first-order chi connectivity index (χ1) is 4.36. The summed E-state index contributed by atoms with van der Waals surface area (Å²) in [7, 11) is 0. The molecule has 1 N–H and O–H groups in total. The van der Waals surface area contributed by atoms with Gasteiger partial charge in [-0.2, -0.15) is 0 Å². The molecule has 1 saturated heterocycles. The van der Waals surface area contributed by atoms with E-state index in [0.29, 0.717) is 6.04 Å². The van der Waals surface area contributed by atoms with E-state index in [9.17, 15) is 0 Å². The maximum atomic E-state index is 7.35. The van der Waals surface area contributed by atoms with Gasteiger partial charge in [-0.1, -0.05) is 12.1 Å². The second-order valence-corrected chi connectivity index (χ2v) is 2.60. The Bertz CT molecular complexity index is 153. The molecule has 0 aromatic heterocycles. The lowest BCUT2D eigenvalue weighted by atomic mass is 10.0. The van der Waals surface area contributed by atoms with Crippen LogP contribution in [0.1, 0.15) is 14.2 Å². The van der Waals surface area contributed by atoms with Crippen molar-refractivity contribution in [2.75, 3.05) is 6.54 Å². The zero-order valence-electron chi connectivity index (χ0n) is 5.85. The molecule has 0 radical (unpaired) electrons. The average molecular weight is 110 g/mol. The molecule has 0 unspecified atom stereocenters. The highest BCUT2D eigenvalue weighted by Gasteiger charge is 2.26. The summed E-state index contributed by atoms with van der Waals surface area (Å²) in [5.41, 5.74) is 0. The number of hydrogen-bond acceptors (Lipinski definition) is 1. The minimum absolute atomic E-state index is 0.553. The minimum Gasteiger partial charge on any atom is -0.310 e. The van der Waals surface area contributed by atoms with Gasteiger partial charge >= 0.3 is 0 Å². The molecule has 1 heteroatoms. The van der Waals surface area contributed by atoms with Gasteiger partial charge in [-0.3, -0.25) is 0 Å². The van der Waals surface area contributed by atoms with Crippen LogP contribution in [0, 0.1) is 5.92 Å². The molecule has 2 aliphatic rings. The predicted octanol–water partition coefficient (Wildman–Crippen LogP) is 0.924. The van der Waals surface area contributed by atoms with E-state index in [1.807, 2.05) is 0 Å². The van der Waals surface area contributed by atoms with E-state index in [-0.39, 0.29) is 0 Å². The topological polar surface area (TPSA) is 12.0 Å². The molecule has 0 spiro atoms. The Hall–Kier alpha value is -0.300. The van der Waals surface area contributed by atoms with Crippen LogP contribution in [-0.2, 0) is 0 Å². The van der Waals surface area contributed by atoms with Gasteiger partial charge < -0.3 is 5.32 Å². The molecule has 0 aromatic rings. The first kappa shape index (κ1) is 3.67. The van der Waals surface area contributed by atoms with Crippen LogP contribution in [0.5, 0.6) is 0 Å². The van der Waals surface area contributed by atoms with Gasteiger partial charge in [-0.25, -0.2) is 0 Å². The molecule has 2 rings (SSSR count). The highest BCUT2D eigenvalue weighted by atomic mass is 14.9. The van der Waals surface area contributed by atoms with Gasteiger partial charge in [-0.05, 0) is 25.3 Å².